The smallest absolute Gasteiger partial charge is 0.207 e. The average Bonchev–Trinajstić information content (AvgIpc) is 2.20. The van der Waals surface area contributed by atoms with Gasteiger partial charge in [0.1, 0.15) is 5.82 Å². The van der Waals surface area contributed by atoms with Gasteiger partial charge in [-0.15, -0.1) is 0 Å². The highest BCUT2D eigenvalue weighted by molar-refractivity contribution is 5.20. The van der Waals surface area contributed by atoms with Gasteiger partial charge in [0.2, 0.25) is 0 Å². The third kappa shape index (κ3) is 3.08. The molecule has 0 aliphatic heterocycles. The standard InChI is InChI=1S/C11H6F10/c12-7-3-1-2-6(4-7)5-8(9(13,14)15,10(16,17)18)11(19,20)21/h1-4H,5H2. The molecular weight excluding hydrogens is 322 g/mol. The van der Waals surface area contributed by atoms with Crippen LogP contribution in [-0.2, 0) is 6.42 Å². The maximum absolute atomic E-state index is 12.8. The van der Waals surface area contributed by atoms with Crippen molar-refractivity contribution in [3.8, 4) is 0 Å². The van der Waals surface area contributed by atoms with Crippen LogP contribution in [0, 0.1) is 11.2 Å². The topological polar surface area (TPSA) is 0 Å². The lowest BCUT2D eigenvalue weighted by molar-refractivity contribution is -0.426. The first-order valence-electron chi connectivity index (χ1n) is 5.17. The quantitative estimate of drug-likeness (QED) is 0.667. The van der Waals surface area contributed by atoms with Gasteiger partial charge in [0.15, 0.2) is 0 Å². The average molecular weight is 328 g/mol. The van der Waals surface area contributed by atoms with Gasteiger partial charge in [-0.25, -0.2) is 4.39 Å². The lowest BCUT2D eigenvalue weighted by Gasteiger charge is -2.38. The molecule has 10 heteroatoms. The first-order chi connectivity index (χ1) is 9.22. The van der Waals surface area contributed by atoms with E-state index in [1.807, 2.05) is 0 Å². The van der Waals surface area contributed by atoms with E-state index in [4.69, 9.17) is 0 Å². The number of hydrogen-bond acceptors (Lipinski definition) is 0. The van der Waals surface area contributed by atoms with Crippen molar-refractivity contribution in [2.24, 2.45) is 5.41 Å². The van der Waals surface area contributed by atoms with E-state index < -0.39 is 41.7 Å². The molecule has 0 aromatic heterocycles. The number of halogens is 10. The number of hydrogen-bond donors (Lipinski definition) is 0. The summed E-state index contributed by atoms with van der Waals surface area (Å²) in [6, 6.07) is 2.15. The van der Waals surface area contributed by atoms with Gasteiger partial charge >= 0.3 is 18.5 Å². The molecule has 0 heterocycles. The maximum atomic E-state index is 12.8. The SMILES string of the molecule is Fc1cccc(CC(C(F)(F)F)(C(F)(F)F)C(F)(F)F)c1. The van der Waals surface area contributed by atoms with Crippen LogP contribution in [0.25, 0.3) is 0 Å². The van der Waals surface area contributed by atoms with Crippen LogP contribution in [0.3, 0.4) is 0 Å². The van der Waals surface area contributed by atoms with Crippen molar-refractivity contribution in [3.05, 3.63) is 35.6 Å². The molecule has 1 aromatic carbocycles. The Morgan fingerprint density at radius 3 is 1.48 bits per heavy atom. The zero-order chi connectivity index (χ0) is 16.7. The monoisotopic (exact) mass is 328 g/mol. The Morgan fingerprint density at radius 2 is 1.14 bits per heavy atom. The fourth-order valence-corrected chi connectivity index (χ4v) is 1.74. The summed E-state index contributed by atoms with van der Waals surface area (Å²) in [4.78, 5) is 0. The van der Waals surface area contributed by atoms with Crippen LogP contribution in [0.5, 0.6) is 0 Å². The minimum atomic E-state index is -6.64. The lowest BCUT2D eigenvalue weighted by Crippen LogP contribution is -2.60. The Kier molecular flexibility index (Phi) is 4.23. The Labute approximate surface area is 111 Å². The van der Waals surface area contributed by atoms with Gasteiger partial charge in [-0.1, -0.05) is 12.1 Å². The highest BCUT2D eigenvalue weighted by Gasteiger charge is 2.83. The summed E-state index contributed by atoms with van der Waals surface area (Å²) in [7, 11) is 0. The van der Waals surface area contributed by atoms with Crippen molar-refractivity contribution in [1.82, 2.24) is 0 Å². The second kappa shape index (κ2) is 5.06. The highest BCUT2D eigenvalue weighted by Crippen LogP contribution is 2.60. The molecule has 0 aliphatic rings. The second-order valence-electron chi connectivity index (χ2n) is 4.21. The molecular formula is C11H6F10. The van der Waals surface area contributed by atoms with E-state index in [0.29, 0.717) is 12.1 Å². The molecule has 0 amide bonds. The maximum Gasteiger partial charge on any atom is 0.412 e. The Balaban J connectivity index is 3.52. The summed E-state index contributed by atoms with van der Waals surface area (Å²) >= 11 is 0. The third-order valence-corrected chi connectivity index (χ3v) is 2.81. The van der Waals surface area contributed by atoms with E-state index in [0.717, 1.165) is 6.07 Å². The van der Waals surface area contributed by atoms with Gasteiger partial charge in [0, 0.05) is 6.42 Å². The summed E-state index contributed by atoms with van der Waals surface area (Å²) in [6.07, 6.45) is -22.4. The van der Waals surface area contributed by atoms with Crippen molar-refractivity contribution < 1.29 is 43.9 Å². The van der Waals surface area contributed by atoms with Gasteiger partial charge < -0.3 is 0 Å². The number of rotatable bonds is 2. The first-order valence-corrected chi connectivity index (χ1v) is 5.17. The van der Waals surface area contributed by atoms with E-state index in [9.17, 15) is 43.9 Å². The van der Waals surface area contributed by atoms with Crippen LogP contribution in [0.4, 0.5) is 43.9 Å². The molecule has 0 saturated heterocycles. The molecule has 0 spiro atoms. The molecule has 1 rings (SSSR count). The van der Waals surface area contributed by atoms with E-state index in [1.165, 1.54) is 0 Å². The van der Waals surface area contributed by atoms with Crippen LogP contribution < -0.4 is 0 Å². The molecule has 0 nitrogen and oxygen atoms in total. The van der Waals surface area contributed by atoms with Gasteiger partial charge in [0.05, 0.1) is 0 Å². The normalized spacial score (nSPS) is 14.4. The summed E-state index contributed by atoms with van der Waals surface area (Å²) < 4.78 is 126. The molecule has 0 saturated carbocycles. The molecule has 0 N–H and O–H groups in total. The summed E-state index contributed by atoms with van der Waals surface area (Å²) in [5.74, 6) is -1.24. The van der Waals surface area contributed by atoms with Gasteiger partial charge in [-0.05, 0) is 17.7 Å². The van der Waals surface area contributed by atoms with Gasteiger partial charge in [0.25, 0.3) is 5.41 Å². The van der Waals surface area contributed by atoms with E-state index >= 15 is 0 Å². The van der Waals surface area contributed by atoms with Crippen molar-refractivity contribution in [1.29, 1.82) is 0 Å². The Bertz CT molecular complexity index is 457. The fraction of sp³-hybridized carbons (Fsp3) is 0.455. The van der Waals surface area contributed by atoms with Crippen molar-refractivity contribution in [2.45, 2.75) is 24.9 Å². The predicted molar refractivity (Wildman–Crippen MR) is 50.7 cm³/mol. The molecule has 0 atom stereocenters. The summed E-state index contributed by atoms with van der Waals surface area (Å²) in [5.41, 5.74) is -7.03. The molecule has 0 bridgehead atoms. The largest absolute Gasteiger partial charge is 0.412 e. The van der Waals surface area contributed by atoms with Gasteiger partial charge in [-0.2, -0.15) is 39.5 Å². The molecule has 21 heavy (non-hydrogen) atoms. The lowest BCUT2D eigenvalue weighted by atomic mass is 9.79. The molecule has 0 fully saturated rings. The van der Waals surface area contributed by atoms with E-state index in [-0.39, 0.29) is 6.07 Å². The van der Waals surface area contributed by atoms with Crippen LogP contribution in [0.1, 0.15) is 5.56 Å². The number of benzene rings is 1. The highest BCUT2D eigenvalue weighted by atomic mass is 19.4. The first kappa shape index (κ1) is 17.6. The zero-order valence-corrected chi connectivity index (χ0v) is 9.80. The fourth-order valence-electron chi connectivity index (χ4n) is 1.74. The second-order valence-corrected chi connectivity index (χ2v) is 4.21. The van der Waals surface area contributed by atoms with Gasteiger partial charge in [-0.3, -0.25) is 0 Å². The molecule has 0 unspecified atom stereocenters. The number of alkyl halides is 9. The summed E-state index contributed by atoms with van der Waals surface area (Å²) in [5, 5.41) is 0. The van der Waals surface area contributed by atoms with Crippen LogP contribution in [-0.4, -0.2) is 18.5 Å². The minimum Gasteiger partial charge on any atom is -0.207 e. The molecule has 1 aromatic rings. The third-order valence-electron chi connectivity index (χ3n) is 2.81. The van der Waals surface area contributed by atoms with Crippen LogP contribution in [0.15, 0.2) is 24.3 Å². The molecule has 120 valence electrons. The van der Waals surface area contributed by atoms with E-state index in [1.54, 1.807) is 0 Å². The van der Waals surface area contributed by atoms with Crippen LogP contribution in [0.2, 0.25) is 0 Å². The minimum absolute atomic E-state index is 0.192. The molecule has 0 aliphatic carbocycles. The van der Waals surface area contributed by atoms with E-state index in [2.05, 4.69) is 0 Å². The van der Waals surface area contributed by atoms with Crippen molar-refractivity contribution >= 4 is 0 Å². The van der Waals surface area contributed by atoms with Crippen LogP contribution >= 0.6 is 0 Å². The zero-order valence-electron chi connectivity index (χ0n) is 9.80. The van der Waals surface area contributed by atoms with Crippen molar-refractivity contribution in [3.63, 3.8) is 0 Å². The summed E-state index contributed by atoms with van der Waals surface area (Å²) in [6.45, 7) is 0. The predicted octanol–water partition coefficient (Wildman–Crippen LogP) is 5.04. The Hall–Kier alpha value is -1.48. The molecule has 0 radical (unpaired) electrons. The van der Waals surface area contributed by atoms with Crippen molar-refractivity contribution in [2.75, 3.05) is 0 Å². The Morgan fingerprint density at radius 1 is 0.714 bits per heavy atom.